The van der Waals surface area contributed by atoms with E-state index in [-0.39, 0.29) is 11.9 Å². The maximum atomic E-state index is 12.0. The molecule has 0 spiro atoms. The first kappa shape index (κ1) is 12.7. The number of methoxy groups -OCH3 is 2. The minimum atomic E-state index is -0.350. The fourth-order valence-electron chi connectivity index (χ4n) is 2.01. The third kappa shape index (κ3) is 2.73. The molecular weight excluding hydrogens is 232 g/mol. The lowest BCUT2D eigenvalue weighted by atomic mass is 10.1. The molecule has 0 bridgehead atoms. The second-order valence-corrected chi connectivity index (χ2v) is 4.18. The zero-order chi connectivity index (χ0) is 13.0. The summed E-state index contributed by atoms with van der Waals surface area (Å²) in [4.78, 5) is 12.0. The van der Waals surface area contributed by atoms with E-state index < -0.39 is 0 Å². The van der Waals surface area contributed by atoms with E-state index in [2.05, 4.69) is 10.6 Å². The highest BCUT2D eigenvalue weighted by atomic mass is 16.5. The van der Waals surface area contributed by atoms with Crippen LogP contribution in [0.15, 0.2) is 18.2 Å². The largest absolute Gasteiger partial charge is 0.497 e. The number of amides is 1. The average Bonchev–Trinajstić information content (AvgIpc) is 2.62. The molecule has 1 aromatic carbocycles. The van der Waals surface area contributed by atoms with Crippen LogP contribution < -0.4 is 20.1 Å². The molecule has 1 aliphatic rings. The first-order chi connectivity index (χ1) is 8.74. The van der Waals surface area contributed by atoms with Crippen molar-refractivity contribution in [2.45, 2.75) is 12.5 Å². The summed E-state index contributed by atoms with van der Waals surface area (Å²) in [6.07, 6.45) is 0.934. The predicted molar refractivity (Wildman–Crippen MR) is 67.9 cm³/mol. The van der Waals surface area contributed by atoms with E-state index in [0.29, 0.717) is 18.0 Å². The van der Waals surface area contributed by atoms with Crippen LogP contribution in [0.1, 0.15) is 18.0 Å². The number of nitrogens with one attached hydrogen (secondary N) is 2. The second-order valence-electron chi connectivity index (χ2n) is 4.18. The molecule has 18 heavy (non-hydrogen) atoms. The van der Waals surface area contributed by atoms with Crippen LogP contribution in [-0.4, -0.2) is 33.2 Å². The topological polar surface area (TPSA) is 59.6 Å². The van der Waals surface area contributed by atoms with E-state index in [1.807, 2.05) is 12.1 Å². The van der Waals surface area contributed by atoms with Gasteiger partial charge in [0, 0.05) is 12.6 Å². The van der Waals surface area contributed by atoms with Gasteiger partial charge in [-0.05, 0) is 30.7 Å². The van der Waals surface area contributed by atoms with E-state index in [1.54, 1.807) is 20.3 Å². The van der Waals surface area contributed by atoms with Crippen LogP contribution in [0.25, 0.3) is 0 Å². The lowest BCUT2D eigenvalue weighted by Gasteiger charge is -2.16. The molecule has 2 rings (SSSR count). The molecule has 1 unspecified atom stereocenters. The monoisotopic (exact) mass is 250 g/mol. The highest BCUT2D eigenvalue weighted by molar-refractivity contribution is 5.83. The Morgan fingerprint density at radius 2 is 1.78 bits per heavy atom. The maximum Gasteiger partial charge on any atom is 0.241 e. The fraction of sp³-hybridized carbons (Fsp3) is 0.462. The summed E-state index contributed by atoms with van der Waals surface area (Å²) in [6, 6.07) is 5.14. The quantitative estimate of drug-likeness (QED) is 0.835. The van der Waals surface area contributed by atoms with E-state index in [1.165, 1.54) is 0 Å². The van der Waals surface area contributed by atoms with Crippen molar-refractivity contribution in [3.8, 4) is 11.5 Å². The Hall–Kier alpha value is -1.75. The van der Waals surface area contributed by atoms with Gasteiger partial charge in [0.2, 0.25) is 5.91 Å². The van der Waals surface area contributed by atoms with Crippen molar-refractivity contribution >= 4 is 5.91 Å². The van der Waals surface area contributed by atoms with Gasteiger partial charge in [-0.2, -0.15) is 0 Å². The standard InChI is InChI=1S/C13H18N2O3/c1-17-10-6-9(7-11(8-10)18-2)12-13(16)15-5-3-4-14-12/h6-8,12,14H,3-5H2,1-2H3,(H,15,16). The van der Waals surface area contributed by atoms with Gasteiger partial charge in [-0.3, -0.25) is 4.79 Å². The first-order valence-corrected chi connectivity index (χ1v) is 5.98. The van der Waals surface area contributed by atoms with Crippen LogP contribution >= 0.6 is 0 Å². The molecule has 1 aliphatic heterocycles. The number of hydrogen-bond donors (Lipinski definition) is 2. The Bertz CT molecular complexity index is 412. The lowest BCUT2D eigenvalue weighted by molar-refractivity contribution is -0.122. The van der Waals surface area contributed by atoms with Gasteiger partial charge in [-0.1, -0.05) is 0 Å². The van der Waals surface area contributed by atoms with Crippen molar-refractivity contribution < 1.29 is 14.3 Å². The van der Waals surface area contributed by atoms with Crippen LogP contribution in [0.5, 0.6) is 11.5 Å². The summed E-state index contributed by atoms with van der Waals surface area (Å²) in [6.45, 7) is 1.52. The predicted octanol–water partition coefficient (Wildman–Crippen LogP) is 0.854. The third-order valence-corrected chi connectivity index (χ3v) is 2.97. The summed E-state index contributed by atoms with van der Waals surface area (Å²) >= 11 is 0. The molecule has 0 aromatic heterocycles. The molecule has 98 valence electrons. The van der Waals surface area contributed by atoms with Crippen LogP contribution in [0.4, 0.5) is 0 Å². The number of rotatable bonds is 3. The molecule has 1 saturated heterocycles. The van der Waals surface area contributed by atoms with Crippen molar-refractivity contribution in [3.63, 3.8) is 0 Å². The third-order valence-electron chi connectivity index (χ3n) is 2.97. The molecule has 1 heterocycles. The molecule has 1 amide bonds. The number of carbonyl (C=O) groups excluding carboxylic acids is 1. The zero-order valence-corrected chi connectivity index (χ0v) is 10.7. The number of hydrogen-bond acceptors (Lipinski definition) is 4. The maximum absolute atomic E-state index is 12.0. The van der Waals surface area contributed by atoms with Gasteiger partial charge in [0.1, 0.15) is 17.5 Å². The van der Waals surface area contributed by atoms with Crippen LogP contribution in [0.2, 0.25) is 0 Å². The van der Waals surface area contributed by atoms with Gasteiger partial charge in [0.15, 0.2) is 0 Å². The number of carbonyl (C=O) groups is 1. The minimum Gasteiger partial charge on any atom is -0.497 e. The van der Waals surface area contributed by atoms with Crippen molar-refractivity contribution in [1.29, 1.82) is 0 Å². The molecule has 0 radical (unpaired) electrons. The summed E-state index contributed by atoms with van der Waals surface area (Å²) in [7, 11) is 3.19. The number of ether oxygens (including phenoxy) is 2. The molecular formula is C13H18N2O3. The summed E-state index contributed by atoms with van der Waals surface area (Å²) in [5.41, 5.74) is 0.852. The molecule has 1 atom stereocenters. The molecule has 5 nitrogen and oxygen atoms in total. The average molecular weight is 250 g/mol. The molecule has 5 heteroatoms. The Balaban J connectivity index is 2.32. The molecule has 0 saturated carbocycles. The van der Waals surface area contributed by atoms with Gasteiger partial charge in [-0.25, -0.2) is 0 Å². The van der Waals surface area contributed by atoms with E-state index in [4.69, 9.17) is 9.47 Å². The van der Waals surface area contributed by atoms with Gasteiger partial charge in [0.05, 0.1) is 14.2 Å². The van der Waals surface area contributed by atoms with E-state index in [0.717, 1.165) is 18.5 Å². The Morgan fingerprint density at radius 3 is 2.39 bits per heavy atom. The lowest BCUT2D eigenvalue weighted by Crippen LogP contribution is -2.33. The Kier molecular flexibility index (Phi) is 4.04. The smallest absolute Gasteiger partial charge is 0.241 e. The van der Waals surface area contributed by atoms with Crippen molar-refractivity contribution in [3.05, 3.63) is 23.8 Å². The molecule has 1 fully saturated rings. The summed E-state index contributed by atoms with van der Waals surface area (Å²) in [5, 5.41) is 6.11. The SMILES string of the molecule is COc1cc(OC)cc(C2NCCCNC2=O)c1. The van der Waals surface area contributed by atoms with Crippen LogP contribution in [0, 0.1) is 0 Å². The van der Waals surface area contributed by atoms with Crippen molar-refractivity contribution in [2.75, 3.05) is 27.3 Å². The van der Waals surface area contributed by atoms with Gasteiger partial charge < -0.3 is 20.1 Å². The van der Waals surface area contributed by atoms with E-state index >= 15 is 0 Å². The van der Waals surface area contributed by atoms with Crippen LogP contribution in [0.3, 0.4) is 0 Å². The van der Waals surface area contributed by atoms with Crippen LogP contribution in [-0.2, 0) is 4.79 Å². The molecule has 0 aliphatic carbocycles. The van der Waals surface area contributed by atoms with Crippen molar-refractivity contribution in [1.82, 2.24) is 10.6 Å². The van der Waals surface area contributed by atoms with Crippen molar-refractivity contribution in [2.24, 2.45) is 0 Å². The Morgan fingerprint density at radius 1 is 1.11 bits per heavy atom. The first-order valence-electron chi connectivity index (χ1n) is 5.98. The zero-order valence-electron chi connectivity index (χ0n) is 10.7. The number of benzene rings is 1. The summed E-state index contributed by atoms with van der Waals surface area (Å²) in [5.74, 6) is 1.36. The molecule has 2 N–H and O–H groups in total. The van der Waals surface area contributed by atoms with Gasteiger partial charge >= 0.3 is 0 Å². The second kappa shape index (κ2) is 5.73. The minimum absolute atomic E-state index is 0.0113. The molecule has 1 aromatic rings. The van der Waals surface area contributed by atoms with Gasteiger partial charge in [0.25, 0.3) is 0 Å². The summed E-state index contributed by atoms with van der Waals surface area (Å²) < 4.78 is 10.4. The van der Waals surface area contributed by atoms with Gasteiger partial charge in [-0.15, -0.1) is 0 Å². The Labute approximate surface area is 106 Å². The normalized spacial score (nSPS) is 19.9. The highest BCUT2D eigenvalue weighted by Gasteiger charge is 2.23. The van der Waals surface area contributed by atoms with E-state index in [9.17, 15) is 4.79 Å². The highest BCUT2D eigenvalue weighted by Crippen LogP contribution is 2.27. The fourth-order valence-corrected chi connectivity index (χ4v) is 2.01.